The fourth-order valence-corrected chi connectivity index (χ4v) is 15.4. The molecular formula is C72H65N29O2S5. The van der Waals surface area contributed by atoms with E-state index in [2.05, 4.69) is 133 Å². The van der Waals surface area contributed by atoms with Crippen LogP contribution in [-0.2, 0) is 4.74 Å². The van der Waals surface area contributed by atoms with Gasteiger partial charge in [0.1, 0.15) is 74.0 Å². The van der Waals surface area contributed by atoms with Crippen LogP contribution in [0.25, 0.3) is 67.7 Å². The molecule has 16 aromatic heterocycles. The topological polar surface area (TPSA) is 409 Å². The van der Waals surface area contributed by atoms with Crippen molar-refractivity contribution < 1.29 is 9.15 Å². The van der Waals surface area contributed by atoms with Crippen LogP contribution >= 0.6 is 56.7 Å². The van der Waals surface area contributed by atoms with Crippen molar-refractivity contribution in [3.05, 3.63) is 210 Å². The van der Waals surface area contributed by atoms with Crippen molar-refractivity contribution in [1.82, 2.24) is 101 Å². The first-order valence-electron chi connectivity index (χ1n) is 33.6. The molecular weight excluding hydrogens is 1460 g/mol. The lowest BCUT2D eigenvalue weighted by Crippen LogP contribution is -2.35. The van der Waals surface area contributed by atoms with Gasteiger partial charge in [-0.05, 0) is 106 Å². The van der Waals surface area contributed by atoms with Crippen molar-refractivity contribution in [1.29, 1.82) is 10.5 Å². The van der Waals surface area contributed by atoms with Gasteiger partial charge in [0, 0.05) is 119 Å². The van der Waals surface area contributed by atoms with Gasteiger partial charge in [-0.3, -0.25) is 25.5 Å². The normalized spacial score (nSPS) is 12.3. The van der Waals surface area contributed by atoms with Crippen LogP contribution in [0.5, 0.6) is 0 Å². The van der Waals surface area contributed by atoms with Crippen molar-refractivity contribution in [2.75, 3.05) is 75.8 Å². The maximum atomic E-state index is 9.05. The average Bonchev–Trinajstić information content (AvgIpc) is 1.57. The standard InChI is InChI=1S/C16H18N6S.C15H16N6OS.C15H11N5OS.2C13H10N6S/c1-4-8-22(9-5-1)15-14(12-10-18-19-11-12)21-16(23-15)20-13-6-2-3-7-17-13;1-2-4-16-12(3-1)19-15-20-13(11-9-17-18-10-11)14(23-15)21-5-7-22-8-6-21;1-2-6-16-13(5-1)19-15-18-11(9-22-15)10-8-17-20-14(10)12-4-3-7-21-12;1-8-12(9-6-15-16-7-9)19-13(20-8)18-11-4-2-3-10(5-14)17-11;1-8-11(10-6-16-17-7-10)18-13(20-8)19-12-9(5-14)3-2-4-15-12/h2-3,6-7,10-11H,1,4-5,8-9H2,(H,18,19)(H,17,20,21);1-4,9-10H,5-8H2,(H,17,18)(H,16,19,20);1-9H,(H,17,20)(H,16,18,19);2-4,6-7H,1H3,(H,15,16)(H,17,18,19);2-4,6-7H,1H3,(H,16,17)(H,15,18,19). The van der Waals surface area contributed by atoms with E-state index in [1.54, 1.807) is 115 Å². The average molecular weight is 1530 g/mol. The molecule has 0 aliphatic carbocycles. The number of anilines is 12. The molecule has 540 valence electrons. The number of furan rings is 1. The lowest BCUT2D eigenvalue weighted by Gasteiger charge is -2.27. The molecule has 31 nitrogen and oxygen atoms in total. The third-order valence-corrected chi connectivity index (χ3v) is 20.6. The maximum absolute atomic E-state index is 9.05. The summed E-state index contributed by atoms with van der Waals surface area (Å²) in [6.45, 7) is 9.41. The van der Waals surface area contributed by atoms with E-state index < -0.39 is 0 Å². The van der Waals surface area contributed by atoms with Crippen LogP contribution in [0.3, 0.4) is 0 Å². The van der Waals surface area contributed by atoms with E-state index in [4.69, 9.17) is 29.6 Å². The van der Waals surface area contributed by atoms with E-state index in [1.807, 2.05) is 117 Å². The first-order chi connectivity index (χ1) is 53.2. The fourth-order valence-electron chi connectivity index (χ4n) is 10.9. The van der Waals surface area contributed by atoms with E-state index in [9.17, 15) is 0 Å². The Labute approximate surface area is 636 Å². The molecule has 0 atom stereocenters. The van der Waals surface area contributed by atoms with E-state index >= 15 is 0 Å². The number of H-pyrrole nitrogens is 5. The summed E-state index contributed by atoms with van der Waals surface area (Å²) in [6, 6.07) is 33.8. The molecule has 10 N–H and O–H groups in total. The highest BCUT2D eigenvalue weighted by molar-refractivity contribution is 7.20. The Kier molecular flexibility index (Phi) is 23.6. The van der Waals surface area contributed by atoms with Gasteiger partial charge in [-0.2, -0.15) is 36.0 Å². The molecule has 2 aliphatic rings. The van der Waals surface area contributed by atoms with Crippen LogP contribution in [0.2, 0.25) is 0 Å². The second-order valence-electron chi connectivity index (χ2n) is 23.3. The molecule has 0 radical (unpaired) electrons. The first kappa shape index (κ1) is 71.7. The number of thiazole rings is 5. The van der Waals surface area contributed by atoms with E-state index in [0.717, 1.165) is 154 Å². The highest BCUT2D eigenvalue weighted by atomic mass is 32.1. The number of nitrogens with one attached hydrogen (secondary N) is 10. The van der Waals surface area contributed by atoms with Gasteiger partial charge in [0.25, 0.3) is 0 Å². The largest absolute Gasteiger partial charge is 0.463 e. The Balaban J connectivity index is 0.000000113. The molecule has 36 heteroatoms. The fraction of sp³-hybridized carbons (Fsp3) is 0.153. The molecule has 0 unspecified atom stereocenters. The molecule has 0 spiro atoms. The summed E-state index contributed by atoms with van der Waals surface area (Å²) in [5.41, 5.74) is 10.9. The zero-order valence-corrected chi connectivity index (χ0v) is 61.7. The molecule has 0 amide bonds. The number of hydrogen-bond donors (Lipinski definition) is 10. The van der Waals surface area contributed by atoms with Crippen LogP contribution in [-0.4, -0.2) is 140 Å². The van der Waals surface area contributed by atoms with Crippen LogP contribution in [0.4, 0.5) is 64.7 Å². The third-order valence-electron chi connectivity index (χ3n) is 16.0. The van der Waals surface area contributed by atoms with Crippen molar-refractivity contribution >= 4 is 121 Å². The molecule has 18 rings (SSSR count). The smallest absolute Gasteiger partial charge is 0.190 e. The molecule has 108 heavy (non-hydrogen) atoms. The molecule has 2 fully saturated rings. The van der Waals surface area contributed by atoms with Gasteiger partial charge in [-0.25, -0.2) is 49.8 Å². The Bertz CT molecular complexity index is 5350. The molecule has 2 aliphatic heterocycles. The first-order valence-corrected chi connectivity index (χ1v) is 37.7. The Hall–Kier alpha value is -13.2. The summed E-state index contributed by atoms with van der Waals surface area (Å²) < 4.78 is 10.9. The van der Waals surface area contributed by atoms with Gasteiger partial charge in [-0.1, -0.05) is 46.9 Å². The lowest BCUT2D eigenvalue weighted by molar-refractivity contribution is 0.123. The minimum absolute atomic E-state index is 0.373. The van der Waals surface area contributed by atoms with Gasteiger partial charge >= 0.3 is 0 Å². The summed E-state index contributed by atoms with van der Waals surface area (Å²) in [4.78, 5) is 51.2. The highest BCUT2D eigenvalue weighted by Crippen LogP contribution is 2.42. The molecule has 18 heterocycles. The number of ether oxygens (including phenoxy) is 1. The van der Waals surface area contributed by atoms with Crippen LogP contribution in [0, 0.1) is 36.5 Å². The van der Waals surface area contributed by atoms with Gasteiger partial charge in [0.05, 0.1) is 72.5 Å². The molecule has 2 saturated heterocycles. The SMILES string of the molecule is Cc1sc(Nc2cccc(C#N)n2)nc1-c1cn[nH]c1.Cc1sc(Nc2ncccc2C#N)nc1-c1cn[nH]c1.c1ccc(Nc2nc(-c3c[nH]nc3-c3ccco3)cs2)nc1.c1ccc(Nc2nc(-c3cn[nH]c3)c(N3CCCCC3)s2)nc1.c1ccc(Nc2nc(-c3cn[nH]c3)c(N3CCOCC3)s2)nc1. The number of nitriles is 2. The monoisotopic (exact) mass is 1530 g/mol. The summed E-state index contributed by atoms with van der Waals surface area (Å²) >= 11 is 7.87. The summed E-state index contributed by atoms with van der Waals surface area (Å²) in [5, 5.41) is 76.4. The summed E-state index contributed by atoms with van der Waals surface area (Å²) in [6.07, 6.45) is 28.6. The summed E-state index contributed by atoms with van der Waals surface area (Å²) in [5.74, 6) is 4.20. The van der Waals surface area contributed by atoms with Crippen molar-refractivity contribution in [3.8, 4) is 79.9 Å². The minimum atomic E-state index is 0.373. The zero-order valence-electron chi connectivity index (χ0n) is 57.6. The molecule has 16 aromatic rings. The van der Waals surface area contributed by atoms with Gasteiger partial charge in [-0.15, -0.1) is 34.0 Å². The molecule has 0 bridgehead atoms. The predicted molar refractivity (Wildman–Crippen MR) is 422 cm³/mol. The maximum Gasteiger partial charge on any atom is 0.190 e. The number of rotatable bonds is 18. The number of hydrogen-bond acceptors (Lipinski definition) is 31. The van der Waals surface area contributed by atoms with Crippen LogP contribution in [0.15, 0.2) is 194 Å². The van der Waals surface area contributed by atoms with Crippen molar-refractivity contribution in [3.63, 3.8) is 0 Å². The molecule has 0 aromatic carbocycles. The number of aromatic amines is 5. The minimum Gasteiger partial charge on any atom is -0.463 e. The number of nitrogens with zero attached hydrogens (tertiary/aromatic N) is 19. The van der Waals surface area contributed by atoms with Crippen molar-refractivity contribution in [2.45, 2.75) is 33.1 Å². The van der Waals surface area contributed by atoms with Crippen LogP contribution in [0.1, 0.15) is 40.3 Å². The highest BCUT2D eigenvalue weighted by Gasteiger charge is 2.25. The third kappa shape index (κ3) is 18.5. The Morgan fingerprint density at radius 1 is 0.444 bits per heavy atom. The second-order valence-corrected chi connectivity index (χ2v) is 28.5. The van der Waals surface area contributed by atoms with Crippen molar-refractivity contribution in [2.24, 2.45) is 0 Å². The van der Waals surface area contributed by atoms with E-state index in [-0.39, 0.29) is 0 Å². The van der Waals surface area contributed by atoms with Crippen LogP contribution < -0.4 is 36.4 Å². The Morgan fingerprint density at radius 2 is 0.954 bits per heavy atom. The number of morpholine rings is 1. The van der Waals surface area contributed by atoms with Gasteiger partial charge < -0.3 is 45.5 Å². The molecule has 0 saturated carbocycles. The van der Waals surface area contributed by atoms with Gasteiger partial charge in [0.2, 0.25) is 0 Å². The second kappa shape index (κ2) is 35.5. The number of aryl methyl sites for hydroxylation is 2. The zero-order chi connectivity index (χ0) is 73.6. The lowest BCUT2D eigenvalue weighted by atomic mass is 10.1. The number of aromatic nitrogens is 20. The predicted octanol–water partition coefficient (Wildman–Crippen LogP) is 15.8. The van der Waals surface area contributed by atoms with E-state index in [1.165, 1.54) is 58.3 Å². The quantitative estimate of drug-likeness (QED) is 0.0381. The Morgan fingerprint density at radius 3 is 1.47 bits per heavy atom. The van der Waals surface area contributed by atoms with E-state index in [0.29, 0.717) is 33.8 Å². The number of piperidine rings is 1. The van der Waals surface area contributed by atoms with Gasteiger partial charge in [0.15, 0.2) is 31.4 Å². The summed E-state index contributed by atoms with van der Waals surface area (Å²) in [7, 11) is 0. The number of pyridine rings is 5.